The van der Waals surface area contributed by atoms with Crippen molar-refractivity contribution in [2.24, 2.45) is 0 Å². The van der Waals surface area contributed by atoms with Gasteiger partial charge in [-0.1, -0.05) is 0 Å². The first-order chi connectivity index (χ1) is 9.98. The quantitative estimate of drug-likeness (QED) is 0.674. The van der Waals surface area contributed by atoms with E-state index in [1.165, 1.54) is 12.1 Å². The summed E-state index contributed by atoms with van der Waals surface area (Å²) in [5.41, 5.74) is 0.581. The second-order valence-corrected chi connectivity index (χ2v) is 5.48. The van der Waals surface area contributed by atoms with Crippen molar-refractivity contribution in [1.29, 1.82) is 0 Å². The summed E-state index contributed by atoms with van der Waals surface area (Å²) in [5.74, 6) is 0.441. The van der Waals surface area contributed by atoms with E-state index in [2.05, 4.69) is 5.32 Å². The monoisotopic (exact) mass is 299 g/mol. The van der Waals surface area contributed by atoms with Gasteiger partial charge in [-0.3, -0.25) is 0 Å². The summed E-state index contributed by atoms with van der Waals surface area (Å²) in [6.45, 7) is 6.42. The van der Waals surface area contributed by atoms with Crippen LogP contribution in [0.15, 0.2) is 18.2 Å². The van der Waals surface area contributed by atoms with Gasteiger partial charge in [0, 0.05) is 39.3 Å². The maximum Gasteiger partial charge on any atom is 0.123 e. The van der Waals surface area contributed by atoms with Crippen LogP contribution in [0.3, 0.4) is 0 Å². The van der Waals surface area contributed by atoms with Gasteiger partial charge in [0.15, 0.2) is 0 Å². The second kappa shape index (κ2) is 8.97. The highest BCUT2D eigenvalue weighted by Gasteiger charge is 2.16. The van der Waals surface area contributed by atoms with Crippen LogP contribution < -0.4 is 10.1 Å². The molecule has 1 rings (SSSR count). The second-order valence-electron chi connectivity index (χ2n) is 5.48. The number of hydrogen-bond acceptors (Lipinski definition) is 4. The zero-order valence-electron chi connectivity index (χ0n) is 13.4. The summed E-state index contributed by atoms with van der Waals surface area (Å²) in [7, 11) is 3.33. The summed E-state index contributed by atoms with van der Waals surface area (Å²) in [5, 5.41) is 3.19. The van der Waals surface area contributed by atoms with Crippen molar-refractivity contribution >= 4 is 0 Å². The van der Waals surface area contributed by atoms with E-state index < -0.39 is 0 Å². The van der Waals surface area contributed by atoms with Gasteiger partial charge in [-0.05, 0) is 32.0 Å². The molecule has 0 radical (unpaired) electrons. The first-order valence-electron chi connectivity index (χ1n) is 7.14. The number of hydrogen-bond donors (Lipinski definition) is 1. The Morgan fingerprint density at radius 2 is 1.95 bits per heavy atom. The van der Waals surface area contributed by atoms with E-state index in [4.69, 9.17) is 14.2 Å². The van der Waals surface area contributed by atoms with Crippen molar-refractivity contribution in [3.05, 3.63) is 29.6 Å². The van der Waals surface area contributed by atoms with E-state index in [0.29, 0.717) is 32.1 Å². The lowest BCUT2D eigenvalue weighted by Crippen LogP contribution is -2.25. The zero-order valence-corrected chi connectivity index (χ0v) is 13.4. The van der Waals surface area contributed by atoms with Crippen molar-refractivity contribution in [1.82, 2.24) is 5.32 Å². The van der Waals surface area contributed by atoms with Crippen LogP contribution >= 0.6 is 0 Å². The Balaban J connectivity index is 2.55. The number of nitrogens with one attached hydrogen (secondary N) is 1. The molecule has 21 heavy (non-hydrogen) atoms. The highest BCUT2D eigenvalue weighted by molar-refractivity contribution is 5.33. The average molecular weight is 299 g/mol. The van der Waals surface area contributed by atoms with Gasteiger partial charge in [0.2, 0.25) is 0 Å². The maximum atomic E-state index is 13.4. The van der Waals surface area contributed by atoms with Crippen molar-refractivity contribution in [2.45, 2.75) is 32.4 Å². The predicted octanol–water partition coefficient (Wildman–Crippen LogP) is 2.76. The predicted molar refractivity (Wildman–Crippen MR) is 81.2 cm³/mol. The Bertz CT molecular complexity index is 424. The average Bonchev–Trinajstić information content (AvgIpc) is 2.45. The molecule has 0 saturated heterocycles. The van der Waals surface area contributed by atoms with Crippen LogP contribution in [-0.2, 0) is 16.0 Å². The van der Waals surface area contributed by atoms with E-state index in [0.717, 1.165) is 12.0 Å². The molecule has 0 aromatic heterocycles. The molecule has 4 nitrogen and oxygen atoms in total. The maximum absolute atomic E-state index is 13.4. The van der Waals surface area contributed by atoms with Crippen LogP contribution in [0.5, 0.6) is 5.75 Å². The molecule has 0 fully saturated rings. The molecular formula is C16H26FNO3. The number of halogens is 1. The molecule has 0 aliphatic heterocycles. The summed E-state index contributed by atoms with van der Waals surface area (Å²) in [4.78, 5) is 0. The largest absolute Gasteiger partial charge is 0.493 e. The minimum absolute atomic E-state index is 0.225. The van der Waals surface area contributed by atoms with Crippen molar-refractivity contribution in [2.75, 3.05) is 34.0 Å². The molecule has 0 atom stereocenters. The van der Waals surface area contributed by atoms with Gasteiger partial charge in [-0.25, -0.2) is 4.39 Å². The third-order valence-electron chi connectivity index (χ3n) is 3.34. The van der Waals surface area contributed by atoms with Gasteiger partial charge < -0.3 is 19.5 Å². The fraction of sp³-hybridized carbons (Fsp3) is 0.625. The first-order valence-corrected chi connectivity index (χ1v) is 7.14. The van der Waals surface area contributed by atoms with Crippen LogP contribution in [0, 0.1) is 5.82 Å². The van der Waals surface area contributed by atoms with E-state index in [1.807, 2.05) is 13.8 Å². The molecule has 5 heteroatoms. The van der Waals surface area contributed by atoms with Gasteiger partial charge in [0.05, 0.1) is 18.8 Å². The fourth-order valence-corrected chi connectivity index (χ4v) is 1.73. The topological polar surface area (TPSA) is 39.7 Å². The Hall–Kier alpha value is -1.17. The molecule has 0 bridgehead atoms. The lowest BCUT2D eigenvalue weighted by molar-refractivity contribution is 0.00536. The highest BCUT2D eigenvalue weighted by atomic mass is 19.1. The molecule has 1 aromatic rings. The molecule has 0 saturated carbocycles. The third kappa shape index (κ3) is 6.89. The lowest BCUT2D eigenvalue weighted by Gasteiger charge is -2.23. The number of methoxy groups -OCH3 is 2. The molecule has 1 N–H and O–H groups in total. The number of ether oxygens (including phenoxy) is 3. The van der Waals surface area contributed by atoms with Gasteiger partial charge in [-0.2, -0.15) is 0 Å². The molecule has 120 valence electrons. The Morgan fingerprint density at radius 1 is 1.19 bits per heavy atom. The summed E-state index contributed by atoms with van der Waals surface area (Å²) in [6.07, 6.45) is 0.761. The van der Waals surface area contributed by atoms with E-state index in [9.17, 15) is 4.39 Å². The number of rotatable bonds is 10. The lowest BCUT2D eigenvalue weighted by atomic mass is 10.1. The zero-order chi connectivity index (χ0) is 15.7. The van der Waals surface area contributed by atoms with Crippen LogP contribution in [0.25, 0.3) is 0 Å². The van der Waals surface area contributed by atoms with E-state index in [-0.39, 0.29) is 11.4 Å². The molecule has 0 aliphatic carbocycles. The van der Waals surface area contributed by atoms with Gasteiger partial charge in [-0.15, -0.1) is 0 Å². The normalized spacial score (nSPS) is 11.7. The standard InChI is InChI=1S/C16H26FNO3/c1-16(2,20-4)7-9-21-15-6-5-14(17)11-13(15)12-18-8-10-19-3/h5-6,11,18H,7-10,12H2,1-4H3. The molecule has 1 aromatic carbocycles. The smallest absolute Gasteiger partial charge is 0.123 e. The van der Waals surface area contributed by atoms with Gasteiger partial charge >= 0.3 is 0 Å². The fourth-order valence-electron chi connectivity index (χ4n) is 1.73. The third-order valence-corrected chi connectivity index (χ3v) is 3.34. The SMILES string of the molecule is COCCNCc1cc(F)ccc1OCCC(C)(C)OC. The summed E-state index contributed by atoms with van der Waals surface area (Å²) >= 11 is 0. The van der Waals surface area contributed by atoms with Crippen molar-refractivity contribution in [3.63, 3.8) is 0 Å². The Morgan fingerprint density at radius 3 is 2.62 bits per heavy atom. The molecule has 0 heterocycles. The van der Waals surface area contributed by atoms with E-state index in [1.54, 1.807) is 20.3 Å². The molecule has 0 amide bonds. The Labute approximate surface area is 126 Å². The van der Waals surface area contributed by atoms with Crippen molar-refractivity contribution < 1.29 is 18.6 Å². The Kier molecular flexibility index (Phi) is 7.64. The molecular weight excluding hydrogens is 273 g/mol. The molecule has 0 spiro atoms. The van der Waals surface area contributed by atoms with E-state index >= 15 is 0 Å². The molecule has 0 unspecified atom stereocenters. The van der Waals surface area contributed by atoms with Crippen LogP contribution in [0.1, 0.15) is 25.8 Å². The summed E-state index contributed by atoms with van der Waals surface area (Å²) in [6, 6.07) is 4.58. The number of benzene rings is 1. The minimum Gasteiger partial charge on any atom is -0.493 e. The summed E-state index contributed by atoms with van der Waals surface area (Å²) < 4.78 is 29.4. The van der Waals surface area contributed by atoms with Crippen LogP contribution in [0.2, 0.25) is 0 Å². The highest BCUT2D eigenvalue weighted by Crippen LogP contribution is 2.21. The van der Waals surface area contributed by atoms with Crippen LogP contribution in [0.4, 0.5) is 4.39 Å². The van der Waals surface area contributed by atoms with Gasteiger partial charge in [0.1, 0.15) is 11.6 Å². The first kappa shape index (κ1) is 17.9. The van der Waals surface area contributed by atoms with Crippen molar-refractivity contribution in [3.8, 4) is 5.75 Å². The van der Waals surface area contributed by atoms with Gasteiger partial charge in [0.25, 0.3) is 0 Å². The minimum atomic E-state index is -0.261. The van der Waals surface area contributed by atoms with Crippen LogP contribution in [-0.4, -0.2) is 39.6 Å². The molecule has 0 aliphatic rings.